The third-order valence-corrected chi connectivity index (χ3v) is 19.8. The van der Waals surface area contributed by atoms with Crippen LogP contribution in [-0.2, 0) is 10.8 Å². The highest BCUT2D eigenvalue weighted by Crippen LogP contribution is 2.56. The smallest absolute Gasteiger partial charge is 0.252 e. The van der Waals surface area contributed by atoms with Crippen molar-refractivity contribution in [1.82, 2.24) is 9.13 Å². The summed E-state index contributed by atoms with van der Waals surface area (Å²) in [5.41, 5.74) is 28.1. The van der Waals surface area contributed by atoms with Gasteiger partial charge in [-0.1, -0.05) is 242 Å². The van der Waals surface area contributed by atoms with E-state index in [0.717, 1.165) is 124 Å². The zero-order chi connectivity index (χ0) is 61.7. The summed E-state index contributed by atoms with van der Waals surface area (Å²) in [6, 6.07) is 107. The molecule has 15 aromatic rings. The summed E-state index contributed by atoms with van der Waals surface area (Å²) < 4.78 is 12.3. The van der Waals surface area contributed by atoms with E-state index in [9.17, 15) is 0 Å². The fourth-order valence-corrected chi connectivity index (χ4v) is 15.5. The third-order valence-electron chi connectivity index (χ3n) is 19.8. The molecule has 13 aromatic carbocycles. The topological polar surface area (TPSA) is 25.6 Å². The Labute approximate surface area is 537 Å². The summed E-state index contributed by atoms with van der Waals surface area (Å²) in [4.78, 5) is 5.37. The van der Waals surface area contributed by atoms with E-state index in [1.54, 1.807) is 0 Å². The number of fused-ring (bicyclic) bond motifs is 16. The summed E-state index contributed by atoms with van der Waals surface area (Å²) in [6.45, 7) is 13.9. The molecule has 0 saturated heterocycles. The van der Waals surface area contributed by atoms with Crippen LogP contribution in [0.4, 0.5) is 34.1 Å². The molecule has 92 heavy (non-hydrogen) atoms. The normalized spacial score (nSPS) is 13.1. The molecule has 0 spiro atoms. The van der Waals surface area contributed by atoms with Crippen molar-refractivity contribution in [2.45, 2.75) is 52.4 Å². The first-order valence-corrected chi connectivity index (χ1v) is 32.3. The highest BCUT2D eigenvalue weighted by Gasteiger charge is 2.47. The molecule has 3 aliphatic heterocycles. The maximum Gasteiger partial charge on any atom is 0.252 e. The van der Waals surface area contributed by atoms with Crippen LogP contribution in [0.2, 0.25) is 0 Å². The third kappa shape index (κ3) is 8.12. The van der Waals surface area contributed by atoms with E-state index in [1.165, 1.54) is 49.1 Å². The quantitative estimate of drug-likeness (QED) is 0.161. The molecule has 18 rings (SSSR count). The molecule has 5 nitrogen and oxygen atoms in total. The van der Waals surface area contributed by atoms with Crippen LogP contribution < -0.4 is 30.9 Å². The summed E-state index contributed by atoms with van der Waals surface area (Å²) >= 11 is 0. The molecule has 0 amide bonds. The molecule has 5 heterocycles. The minimum atomic E-state index is -0.261. The number of anilines is 6. The van der Waals surface area contributed by atoms with E-state index in [0.29, 0.717) is 0 Å². The molecular formula is C86H65BN4O. The maximum absolute atomic E-state index is 7.31. The lowest BCUT2D eigenvalue weighted by molar-refractivity contribution is 0.486. The van der Waals surface area contributed by atoms with Gasteiger partial charge in [0.15, 0.2) is 0 Å². The Kier molecular flexibility index (Phi) is 11.8. The number of nitrogens with zero attached hydrogens (tertiary/aromatic N) is 4. The van der Waals surface area contributed by atoms with Crippen molar-refractivity contribution >= 4 is 101 Å². The van der Waals surface area contributed by atoms with Crippen molar-refractivity contribution in [1.29, 1.82) is 0 Å². The SMILES string of the molecule is CC(C)(C)c1cc2c3c(c1)-c1ccccc1Oc1ccccc1-c1ccccc1N3c1cc(-n3c4ccccc4c4ccccc43)cc3c1B2c1ccc(-n2c4ccccc4c4ccccc42)cc1N3c1c(-c2ccccc2)cc(C(C)(C)C)cc1-c1ccccc1. The van der Waals surface area contributed by atoms with Crippen LogP contribution >= 0.6 is 0 Å². The second-order valence-electron chi connectivity index (χ2n) is 27.2. The Balaban J connectivity index is 1.08. The van der Waals surface area contributed by atoms with E-state index >= 15 is 0 Å². The van der Waals surface area contributed by atoms with Crippen LogP contribution in [0.5, 0.6) is 11.5 Å². The van der Waals surface area contributed by atoms with Crippen molar-refractivity contribution in [3.63, 3.8) is 0 Å². The molecule has 3 aliphatic rings. The van der Waals surface area contributed by atoms with Crippen LogP contribution in [0.1, 0.15) is 52.7 Å². The van der Waals surface area contributed by atoms with Crippen LogP contribution in [0, 0.1) is 0 Å². The van der Waals surface area contributed by atoms with Crippen LogP contribution in [0.3, 0.4) is 0 Å². The first kappa shape index (κ1) is 53.9. The maximum atomic E-state index is 7.31. The summed E-state index contributed by atoms with van der Waals surface area (Å²) in [5, 5.41) is 4.87. The monoisotopic (exact) mass is 1180 g/mol. The van der Waals surface area contributed by atoms with Gasteiger partial charge >= 0.3 is 0 Å². The fourth-order valence-electron chi connectivity index (χ4n) is 15.5. The summed E-state index contributed by atoms with van der Waals surface area (Å²) in [5.74, 6) is 1.61. The van der Waals surface area contributed by atoms with Gasteiger partial charge in [0.2, 0.25) is 0 Å². The molecular weight excluding hydrogens is 1120 g/mol. The standard InChI is InChI=1S/C86H65BN4O/c1-85(2,3)56-47-67(54-27-9-7-10-28-54)83(68(48-56)55-29-11-8-12-30-55)91-77-51-58(88-72-38-20-13-31-60(72)61-32-14-21-39-73(61)88)45-46-70(77)87-71-50-57(86(4,5)6)49-69-66-37-19-26-44-81(66)92-80-43-25-18-36-65(80)64-35-17-24-42-76(64)90(84(69)71)78-52-59(53-79(91)82(78)87)89-74-40-22-15-33-62(74)63-34-16-23-41-75(63)89/h7-53H,1-6H3. The molecule has 0 bridgehead atoms. The van der Waals surface area contributed by atoms with Crippen molar-refractivity contribution < 1.29 is 4.74 Å². The Hall–Kier alpha value is -11.1. The van der Waals surface area contributed by atoms with E-state index in [2.05, 4.69) is 346 Å². The number of aromatic nitrogens is 2. The minimum Gasteiger partial charge on any atom is -0.456 e. The first-order chi connectivity index (χ1) is 44.9. The van der Waals surface area contributed by atoms with Gasteiger partial charge in [0, 0.05) is 83.4 Å². The van der Waals surface area contributed by atoms with Gasteiger partial charge in [0.1, 0.15) is 11.5 Å². The lowest BCUT2D eigenvalue weighted by Gasteiger charge is -2.47. The van der Waals surface area contributed by atoms with Gasteiger partial charge in [-0.2, -0.15) is 0 Å². The predicted molar refractivity (Wildman–Crippen MR) is 388 cm³/mol. The second-order valence-corrected chi connectivity index (χ2v) is 27.2. The van der Waals surface area contributed by atoms with Crippen molar-refractivity contribution in [3.8, 4) is 67.4 Å². The lowest BCUT2D eigenvalue weighted by Crippen LogP contribution is -2.61. The molecule has 0 aliphatic carbocycles. The number of benzene rings is 13. The Morgan fingerprint density at radius 1 is 0.293 bits per heavy atom. The van der Waals surface area contributed by atoms with Crippen LogP contribution in [-0.4, -0.2) is 15.8 Å². The van der Waals surface area contributed by atoms with E-state index in [1.807, 2.05) is 0 Å². The fraction of sp³-hybridized carbons (Fsp3) is 0.0930. The summed E-state index contributed by atoms with van der Waals surface area (Å²) in [6.07, 6.45) is 0. The van der Waals surface area contributed by atoms with Crippen LogP contribution in [0.15, 0.2) is 285 Å². The largest absolute Gasteiger partial charge is 0.456 e. The predicted octanol–water partition coefficient (Wildman–Crippen LogP) is 21.3. The number of hydrogen-bond donors (Lipinski definition) is 0. The molecule has 0 atom stereocenters. The first-order valence-electron chi connectivity index (χ1n) is 32.3. The van der Waals surface area contributed by atoms with E-state index < -0.39 is 0 Å². The average Bonchev–Trinajstić information content (AvgIpc) is 0.726. The van der Waals surface area contributed by atoms with Crippen molar-refractivity contribution in [3.05, 3.63) is 296 Å². The average molecular weight is 1180 g/mol. The summed E-state index contributed by atoms with van der Waals surface area (Å²) in [7, 11) is 0. The molecule has 0 saturated carbocycles. The molecule has 6 heteroatoms. The molecule has 0 unspecified atom stereocenters. The molecule has 2 aromatic heterocycles. The van der Waals surface area contributed by atoms with Gasteiger partial charge in [-0.3, -0.25) is 0 Å². The van der Waals surface area contributed by atoms with Crippen molar-refractivity contribution in [2.75, 3.05) is 9.80 Å². The van der Waals surface area contributed by atoms with Gasteiger partial charge in [-0.05, 0) is 134 Å². The highest BCUT2D eigenvalue weighted by atomic mass is 16.5. The van der Waals surface area contributed by atoms with E-state index in [-0.39, 0.29) is 17.5 Å². The number of hydrogen-bond acceptors (Lipinski definition) is 3. The van der Waals surface area contributed by atoms with E-state index in [4.69, 9.17) is 4.74 Å². The second kappa shape index (κ2) is 20.2. The van der Waals surface area contributed by atoms with Crippen LogP contribution in [0.25, 0.3) is 99.5 Å². The minimum absolute atomic E-state index is 0.194. The van der Waals surface area contributed by atoms with Gasteiger partial charge in [-0.25, -0.2) is 0 Å². The van der Waals surface area contributed by atoms with Crippen molar-refractivity contribution in [2.24, 2.45) is 0 Å². The Morgan fingerprint density at radius 3 is 1.22 bits per heavy atom. The highest BCUT2D eigenvalue weighted by molar-refractivity contribution is 7.00. The zero-order valence-corrected chi connectivity index (χ0v) is 52.4. The number of rotatable bonds is 5. The molecule has 0 N–H and O–H groups in total. The Bertz CT molecular complexity index is 5380. The lowest BCUT2D eigenvalue weighted by atomic mass is 9.33. The van der Waals surface area contributed by atoms with Gasteiger partial charge in [0.05, 0.1) is 39.1 Å². The number of ether oxygens (including phenoxy) is 1. The van der Waals surface area contributed by atoms with Gasteiger partial charge in [0.25, 0.3) is 6.71 Å². The zero-order valence-electron chi connectivity index (χ0n) is 52.4. The number of para-hydroxylation sites is 7. The molecule has 0 fully saturated rings. The molecule has 438 valence electrons. The van der Waals surface area contributed by atoms with Gasteiger partial charge < -0.3 is 23.7 Å². The molecule has 0 radical (unpaired) electrons. The van der Waals surface area contributed by atoms with Gasteiger partial charge in [-0.15, -0.1) is 0 Å². The Morgan fingerprint density at radius 2 is 0.696 bits per heavy atom.